The second-order valence-electron chi connectivity index (χ2n) is 6.03. The summed E-state index contributed by atoms with van der Waals surface area (Å²) >= 11 is 0. The van der Waals surface area contributed by atoms with Crippen LogP contribution in [0.5, 0.6) is 0 Å². The number of fused-ring (bicyclic) bond motifs is 1. The highest BCUT2D eigenvalue weighted by molar-refractivity contribution is 6.43. The van der Waals surface area contributed by atoms with Crippen molar-refractivity contribution in [2.45, 2.75) is 13.5 Å². The average molecular weight is 382 g/mol. The largest absolute Gasteiger partial charge is 0.464 e. The van der Waals surface area contributed by atoms with Crippen LogP contribution in [0.1, 0.15) is 27.8 Å². The van der Waals surface area contributed by atoms with Crippen molar-refractivity contribution in [3.63, 3.8) is 0 Å². The van der Waals surface area contributed by atoms with E-state index in [9.17, 15) is 9.18 Å². The lowest BCUT2D eigenvalue weighted by atomic mass is 9.99. The van der Waals surface area contributed by atoms with Gasteiger partial charge in [0.15, 0.2) is 5.71 Å². The lowest BCUT2D eigenvalue weighted by molar-refractivity contribution is -0.132. The number of hydrogen-bond donors (Lipinski definition) is 0. The monoisotopic (exact) mass is 382 g/mol. The summed E-state index contributed by atoms with van der Waals surface area (Å²) in [6.07, 6.45) is 3.60. The first-order valence-corrected chi connectivity index (χ1v) is 8.51. The van der Waals surface area contributed by atoms with E-state index in [2.05, 4.69) is 10.3 Å². The maximum absolute atomic E-state index is 13.5. The van der Waals surface area contributed by atoms with Crippen molar-refractivity contribution < 1.29 is 23.6 Å². The molecule has 0 amide bonds. The summed E-state index contributed by atoms with van der Waals surface area (Å²) in [5.74, 6) is -0.960. The Kier molecular flexibility index (Phi) is 5.84. The van der Waals surface area contributed by atoms with Gasteiger partial charge in [0.05, 0.1) is 7.11 Å². The molecular formula is C21H19FN2O4. The molecule has 3 rings (SSSR count). The Morgan fingerprint density at radius 3 is 2.71 bits per heavy atom. The molecule has 7 heteroatoms. The number of esters is 1. The van der Waals surface area contributed by atoms with Crippen LogP contribution >= 0.6 is 0 Å². The Morgan fingerprint density at radius 1 is 1.14 bits per heavy atom. The van der Waals surface area contributed by atoms with Crippen LogP contribution in [-0.2, 0) is 25.8 Å². The maximum atomic E-state index is 13.5. The van der Waals surface area contributed by atoms with Crippen LogP contribution in [0.2, 0.25) is 0 Å². The number of rotatable bonds is 6. The zero-order valence-electron chi connectivity index (χ0n) is 15.7. The van der Waals surface area contributed by atoms with E-state index in [1.165, 1.54) is 26.4 Å². The fourth-order valence-electron chi connectivity index (χ4n) is 2.90. The number of oxime groups is 2. The van der Waals surface area contributed by atoms with Crippen molar-refractivity contribution in [2.75, 3.05) is 14.2 Å². The van der Waals surface area contributed by atoms with Crippen molar-refractivity contribution in [3.8, 4) is 0 Å². The van der Waals surface area contributed by atoms with Crippen molar-refractivity contribution in [1.29, 1.82) is 0 Å². The Labute approximate surface area is 161 Å². The quantitative estimate of drug-likeness (QED) is 0.435. The van der Waals surface area contributed by atoms with Gasteiger partial charge < -0.3 is 14.4 Å². The second kappa shape index (κ2) is 8.47. The molecule has 0 N–H and O–H groups in total. The van der Waals surface area contributed by atoms with Gasteiger partial charge in [-0.3, -0.25) is 0 Å². The average Bonchev–Trinajstić information content (AvgIpc) is 3.09. The topological polar surface area (TPSA) is 69.5 Å². The van der Waals surface area contributed by atoms with E-state index in [0.717, 1.165) is 16.7 Å². The molecule has 0 fully saturated rings. The van der Waals surface area contributed by atoms with E-state index in [-0.39, 0.29) is 18.1 Å². The van der Waals surface area contributed by atoms with E-state index >= 15 is 0 Å². The molecule has 0 saturated carbocycles. The zero-order valence-corrected chi connectivity index (χ0v) is 15.7. The standard InChI is InChI=1S/C21H19FN2O4/c1-13-5-4-6-16(20(24-27-3)21(25)26-2)18(13)12-28-23-19-10-8-14-7-9-15(22)11-17(14)19/h4-11H,12H2,1-3H3/b23-19+,24-20+. The number of aryl methyl sites for hydroxylation is 1. The third kappa shape index (κ3) is 3.93. The Balaban J connectivity index is 1.87. The Hall–Kier alpha value is -3.48. The summed E-state index contributed by atoms with van der Waals surface area (Å²) in [5, 5.41) is 7.92. The summed E-state index contributed by atoms with van der Waals surface area (Å²) < 4.78 is 18.3. The first kappa shape index (κ1) is 19.3. The Bertz CT molecular complexity index is 996. The minimum Gasteiger partial charge on any atom is -0.464 e. The molecule has 0 heterocycles. The van der Waals surface area contributed by atoms with Crippen molar-refractivity contribution in [3.05, 3.63) is 76.1 Å². The maximum Gasteiger partial charge on any atom is 0.360 e. The summed E-state index contributed by atoms with van der Waals surface area (Å²) in [5.41, 5.74) is 4.24. The van der Waals surface area contributed by atoms with E-state index < -0.39 is 5.97 Å². The SMILES string of the molecule is CO/N=C(/C(=O)OC)c1cccc(C)c1CO/N=C1\C=Cc2ccc(F)cc21. The van der Waals surface area contributed by atoms with Crippen LogP contribution in [0, 0.1) is 12.7 Å². The van der Waals surface area contributed by atoms with Crippen molar-refractivity contribution in [2.24, 2.45) is 10.3 Å². The molecule has 0 spiro atoms. The minimum absolute atomic E-state index is 0.0353. The first-order valence-electron chi connectivity index (χ1n) is 8.51. The van der Waals surface area contributed by atoms with Crippen LogP contribution in [0.3, 0.4) is 0 Å². The number of methoxy groups -OCH3 is 1. The summed E-state index contributed by atoms with van der Waals surface area (Å²) in [7, 11) is 2.62. The Morgan fingerprint density at radius 2 is 1.96 bits per heavy atom. The molecule has 2 aromatic carbocycles. The van der Waals surface area contributed by atoms with Gasteiger partial charge in [-0.15, -0.1) is 0 Å². The van der Waals surface area contributed by atoms with Gasteiger partial charge in [-0.25, -0.2) is 9.18 Å². The lowest BCUT2D eigenvalue weighted by Gasteiger charge is -2.12. The molecule has 0 aromatic heterocycles. The lowest BCUT2D eigenvalue weighted by Crippen LogP contribution is -2.20. The minimum atomic E-state index is -0.622. The molecule has 144 valence electrons. The van der Waals surface area contributed by atoms with Crippen molar-refractivity contribution in [1.82, 2.24) is 0 Å². The number of carbonyl (C=O) groups excluding carboxylic acids is 1. The zero-order chi connectivity index (χ0) is 20.1. The van der Waals surface area contributed by atoms with Crippen LogP contribution in [-0.4, -0.2) is 31.6 Å². The van der Waals surface area contributed by atoms with Gasteiger partial charge in [-0.05, 0) is 36.3 Å². The van der Waals surface area contributed by atoms with E-state index in [1.54, 1.807) is 24.3 Å². The van der Waals surface area contributed by atoms with E-state index in [0.29, 0.717) is 16.8 Å². The fraction of sp³-hybridized carbons (Fsp3) is 0.190. The van der Waals surface area contributed by atoms with E-state index in [1.807, 2.05) is 19.1 Å². The van der Waals surface area contributed by atoms with Crippen LogP contribution in [0.4, 0.5) is 4.39 Å². The van der Waals surface area contributed by atoms with Crippen LogP contribution < -0.4 is 0 Å². The highest BCUT2D eigenvalue weighted by atomic mass is 19.1. The number of nitrogens with zero attached hydrogens (tertiary/aromatic N) is 2. The third-order valence-electron chi connectivity index (χ3n) is 4.31. The molecule has 0 atom stereocenters. The number of allylic oxidation sites excluding steroid dienone is 1. The van der Waals surface area contributed by atoms with Gasteiger partial charge in [0.1, 0.15) is 25.2 Å². The van der Waals surface area contributed by atoms with Gasteiger partial charge >= 0.3 is 5.97 Å². The molecule has 0 bridgehead atoms. The van der Waals surface area contributed by atoms with Gasteiger partial charge in [-0.2, -0.15) is 0 Å². The molecular weight excluding hydrogens is 363 g/mol. The molecule has 1 aliphatic rings. The summed E-state index contributed by atoms with van der Waals surface area (Å²) in [4.78, 5) is 22.4. The molecule has 0 aliphatic heterocycles. The van der Waals surface area contributed by atoms with Crippen molar-refractivity contribution >= 4 is 23.5 Å². The first-order chi connectivity index (χ1) is 13.5. The molecule has 0 unspecified atom stereocenters. The van der Waals surface area contributed by atoms with Crippen LogP contribution in [0.15, 0.2) is 52.8 Å². The second-order valence-corrected chi connectivity index (χ2v) is 6.03. The third-order valence-corrected chi connectivity index (χ3v) is 4.31. The van der Waals surface area contributed by atoms with Gasteiger partial charge in [0, 0.05) is 16.7 Å². The fourth-order valence-corrected chi connectivity index (χ4v) is 2.90. The molecule has 0 saturated heterocycles. The van der Waals surface area contributed by atoms with Gasteiger partial charge in [0.25, 0.3) is 0 Å². The highest BCUT2D eigenvalue weighted by Crippen LogP contribution is 2.22. The summed E-state index contributed by atoms with van der Waals surface area (Å²) in [6.45, 7) is 1.97. The normalized spacial score (nSPS) is 14.1. The molecule has 0 radical (unpaired) electrons. The van der Waals surface area contributed by atoms with E-state index in [4.69, 9.17) is 14.4 Å². The molecule has 1 aliphatic carbocycles. The molecule has 2 aromatic rings. The van der Waals surface area contributed by atoms with Gasteiger partial charge in [0.2, 0.25) is 0 Å². The number of halogens is 1. The summed E-state index contributed by atoms with van der Waals surface area (Å²) in [6, 6.07) is 9.91. The highest BCUT2D eigenvalue weighted by Gasteiger charge is 2.21. The molecule has 6 nitrogen and oxygen atoms in total. The van der Waals surface area contributed by atoms with Gasteiger partial charge in [-0.1, -0.05) is 40.7 Å². The number of benzene rings is 2. The number of carbonyl (C=O) groups is 1. The van der Waals surface area contributed by atoms with Crippen LogP contribution in [0.25, 0.3) is 6.08 Å². The predicted molar refractivity (Wildman–Crippen MR) is 104 cm³/mol. The smallest absolute Gasteiger partial charge is 0.360 e. The predicted octanol–water partition coefficient (Wildman–Crippen LogP) is 3.61. The number of hydrogen-bond acceptors (Lipinski definition) is 6. The molecule has 28 heavy (non-hydrogen) atoms. The number of ether oxygens (including phenoxy) is 1.